The highest BCUT2D eigenvalue weighted by atomic mass is 16.5. The van der Waals surface area contributed by atoms with Gasteiger partial charge in [0.15, 0.2) is 28.4 Å². The van der Waals surface area contributed by atoms with Crippen molar-refractivity contribution in [3.8, 4) is 50.5 Å². The van der Waals surface area contributed by atoms with Crippen molar-refractivity contribution < 1.29 is 13.6 Å². The third-order valence-corrected chi connectivity index (χ3v) is 23.7. The standard InChI is InChI=1S/C44H30N2O.C38H26N2O.C32H24N2O/c1-4-13-31(14-5-1)32-23-25-33(26-24-32)34-27-29-37(30-28-34)45(35-15-6-2-7-16-35)41-22-12-20-39-42-44(47-43(39)41)38-19-10-11-21-40(38)46(42)36-17-8-3-9-18-36;1-4-13-27(14-5-1)28-23-25-31(26-24-28)39(29-15-6-2-7-16-29)35-22-12-20-33-36-38(41-37(33)35)32-19-10-11-21-34(32)40(36)30-17-8-3-9-18-30;1-4-13-23(14-5-1)33(24-15-6-2-7-16-24)29-22-12-20-27-30-32(35-31(27)29)26-19-10-11-21-28(26)34(30)25-17-8-3-9-18-25/h1-30H;1-26H;1-22,30,32H. The average molecular weight is 1580 g/mol. The average Bonchev–Trinajstić information content (AvgIpc) is 1.57. The second-order valence-corrected chi connectivity index (χ2v) is 30.9. The first-order valence-electron chi connectivity index (χ1n) is 41.9. The molecule has 6 heterocycles. The highest BCUT2D eigenvalue weighted by Gasteiger charge is 2.48. The zero-order valence-corrected chi connectivity index (χ0v) is 67.1. The summed E-state index contributed by atoms with van der Waals surface area (Å²) < 4.78 is 25.3. The summed E-state index contributed by atoms with van der Waals surface area (Å²) in [4.78, 5) is 9.31. The number of hydrogen-bond acceptors (Lipinski definition) is 7. The number of rotatable bonds is 15. The number of fused-ring (bicyclic) bond motifs is 15. The summed E-state index contributed by atoms with van der Waals surface area (Å²) in [5.41, 5.74) is 31.7. The molecule has 4 aromatic heterocycles. The van der Waals surface area contributed by atoms with E-state index in [1.807, 2.05) is 6.07 Å². The van der Waals surface area contributed by atoms with E-state index in [1.165, 1.54) is 55.9 Å². The van der Waals surface area contributed by atoms with E-state index >= 15 is 0 Å². The van der Waals surface area contributed by atoms with E-state index in [-0.39, 0.29) is 12.1 Å². The minimum atomic E-state index is -0.0593. The minimum Gasteiger partial charge on any atom is -0.481 e. The second kappa shape index (κ2) is 31.8. The van der Waals surface area contributed by atoms with Gasteiger partial charge in [-0.2, -0.15) is 0 Å². The molecule has 2 aliphatic rings. The number of furan rings is 2. The number of aromatic nitrogens is 2. The molecule has 584 valence electrons. The molecule has 0 radical (unpaired) electrons. The lowest BCUT2D eigenvalue weighted by Gasteiger charge is -2.28. The van der Waals surface area contributed by atoms with Crippen molar-refractivity contribution in [3.63, 3.8) is 0 Å². The van der Waals surface area contributed by atoms with E-state index in [1.54, 1.807) is 0 Å². The fourth-order valence-electron chi connectivity index (χ4n) is 18.2. The zero-order valence-electron chi connectivity index (χ0n) is 67.1. The normalized spacial score (nSPS) is 13.1. The third kappa shape index (κ3) is 13.2. The van der Waals surface area contributed by atoms with Crippen molar-refractivity contribution in [3.05, 3.63) is 484 Å². The van der Waals surface area contributed by atoms with Gasteiger partial charge in [-0.25, -0.2) is 0 Å². The lowest BCUT2D eigenvalue weighted by molar-refractivity contribution is 0.224. The van der Waals surface area contributed by atoms with Crippen LogP contribution in [0.1, 0.15) is 23.3 Å². The van der Waals surface area contributed by atoms with Gasteiger partial charge in [-0.05, 0) is 203 Å². The van der Waals surface area contributed by atoms with Gasteiger partial charge in [-0.15, -0.1) is 0 Å². The van der Waals surface area contributed by atoms with Crippen LogP contribution >= 0.6 is 0 Å². The Morgan fingerprint density at radius 1 is 0.211 bits per heavy atom. The Morgan fingerprint density at radius 2 is 0.504 bits per heavy atom. The van der Waals surface area contributed by atoms with E-state index in [0.717, 1.165) is 134 Å². The van der Waals surface area contributed by atoms with E-state index in [2.05, 4.69) is 496 Å². The Morgan fingerprint density at radius 3 is 0.919 bits per heavy atom. The van der Waals surface area contributed by atoms with Crippen LogP contribution in [0, 0.1) is 0 Å². The summed E-state index contributed by atoms with van der Waals surface area (Å²) in [7, 11) is 0. The number of benzene rings is 18. The summed E-state index contributed by atoms with van der Waals surface area (Å²) >= 11 is 0. The lowest BCUT2D eigenvalue weighted by Crippen LogP contribution is -2.20. The predicted molar refractivity (Wildman–Crippen MR) is 509 cm³/mol. The van der Waals surface area contributed by atoms with Crippen LogP contribution in [0.15, 0.2) is 482 Å². The van der Waals surface area contributed by atoms with E-state index < -0.39 is 0 Å². The molecule has 0 saturated heterocycles. The van der Waals surface area contributed by atoms with Crippen molar-refractivity contribution in [1.29, 1.82) is 0 Å². The van der Waals surface area contributed by atoms with Gasteiger partial charge in [-0.3, -0.25) is 0 Å². The third-order valence-electron chi connectivity index (χ3n) is 23.7. The first kappa shape index (κ1) is 73.0. The molecule has 0 aliphatic carbocycles. The summed E-state index contributed by atoms with van der Waals surface area (Å²) in [6.45, 7) is 0. The van der Waals surface area contributed by atoms with Gasteiger partial charge in [0.25, 0.3) is 0 Å². The molecule has 9 heteroatoms. The van der Waals surface area contributed by atoms with Gasteiger partial charge >= 0.3 is 0 Å². The quantitative estimate of drug-likeness (QED) is 0.101. The van der Waals surface area contributed by atoms with Crippen molar-refractivity contribution in [2.24, 2.45) is 0 Å². The molecule has 22 aromatic rings. The first-order valence-corrected chi connectivity index (χ1v) is 41.9. The Balaban J connectivity index is 0.000000111. The van der Waals surface area contributed by atoms with Gasteiger partial charge in [0.1, 0.15) is 22.8 Å². The molecule has 0 amide bonds. The van der Waals surface area contributed by atoms with Crippen LogP contribution in [0.2, 0.25) is 0 Å². The molecule has 123 heavy (non-hydrogen) atoms. The maximum atomic E-state index is 6.90. The molecule has 24 rings (SSSR count). The Kier molecular flexibility index (Phi) is 18.9. The zero-order chi connectivity index (χ0) is 81.5. The molecule has 9 nitrogen and oxygen atoms in total. The lowest BCUT2D eigenvalue weighted by atomic mass is 10.00. The smallest absolute Gasteiger partial charge is 0.161 e. The van der Waals surface area contributed by atoms with Crippen LogP contribution in [0.25, 0.3) is 111 Å². The fraction of sp³-hybridized carbons (Fsp3) is 0.0175. The molecule has 2 unspecified atom stereocenters. The Labute approximate surface area is 713 Å². The maximum Gasteiger partial charge on any atom is 0.161 e. The molecule has 0 spiro atoms. The number of nitrogens with zero attached hydrogens (tertiary/aromatic N) is 6. The fourth-order valence-corrected chi connectivity index (χ4v) is 18.2. The van der Waals surface area contributed by atoms with Crippen LogP contribution in [-0.2, 0) is 0 Å². The number of anilines is 11. The summed E-state index contributed by atoms with van der Waals surface area (Å²) in [6.07, 6.45) is -0.0593. The molecule has 2 aliphatic heterocycles. The van der Waals surface area contributed by atoms with Crippen molar-refractivity contribution in [2.75, 3.05) is 19.6 Å². The molecular formula is C114H80N6O3. The highest BCUT2D eigenvalue weighted by molar-refractivity contribution is 6.20. The SMILES string of the molecule is c1ccc(-c2ccc(-c3ccc(N(c4ccccc4)c4cccc5c4oc4c6ccccc6n(-c6ccccc6)c54)cc3)cc2)cc1.c1ccc(-c2ccc(N(c3ccccc3)c3cccc4c3oc3c5ccccc5n(-c5ccccc5)c43)cc2)cc1.c1ccc(N(c2ccccc2)c2cccc3c2OC2c4ccccc4N(c4ccccc4)C32)cc1. The molecule has 0 saturated carbocycles. The summed E-state index contributed by atoms with van der Waals surface area (Å²) in [6, 6.07) is 166. The maximum absolute atomic E-state index is 6.90. The van der Waals surface area contributed by atoms with Gasteiger partial charge in [-0.1, -0.05) is 303 Å². The van der Waals surface area contributed by atoms with Crippen molar-refractivity contribution in [2.45, 2.75) is 12.1 Å². The van der Waals surface area contributed by atoms with Crippen LogP contribution < -0.4 is 24.3 Å². The van der Waals surface area contributed by atoms with Crippen LogP contribution in [-0.4, -0.2) is 9.13 Å². The topological polar surface area (TPSA) is 58.3 Å². The largest absolute Gasteiger partial charge is 0.481 e. The van der Waals surface area contributed by atoms with Gasteiger partial charge in [0.2, 0.25) is 0 Å². The summed E-state index contributed by atoms with van der Waals surface area (Å²) in [5, 5.41) is 4.36. The molecule has 0 N–H and O–H groups in total. The predicted octanol–water partition coefficient (Wildman–Crippen LogP) is 31.5. The first-order chi connectivity index (χ1) is 61.1. The number of hydrogen-bond donors (Lipinski definition) is 0. The summed E-state index contributed by atoms with van der Waals surface area (Å²) in [5.74, 6) is 0.950. The number of para-hydroxylation sites is 13. The van der Waals surface area contributed by atoms with Crippen molar-refractivity contribution >= 4 is 129 Å². The van der Waals surface area contributed by atoms with Crippen LogP contribution in [0.4, 0.5) is 62.6 Å². The van der Waals surface area contributed by atoms with Crippen LogP contribution in [0.3, 0.4) is 0 Å². The molecule has 0 fully saturated rings. The van der Waals surface area contributed by atoms with E-state index in [9.17, 15) is 0 Å². The van der Waals surface area contributed by atoms with Gasteiger partial charge in [0, 0.05) is 89.5 Å². The minimum absolute atomic E-state index is 0.0593. The molecule has 2 atom stereocenters. The second-order valence-electron chi connectivity index (χ2n) is 30.9. The molecular weight excluding hydrogens is 1500 g/mol. The van der Waals surface area contributed by atoms with Crippen molar-refractivity contribution in [1.82, 2.24) is 9.13 Å². The van der Waals surface area contributed by atoms with Crippen LogP contribution in [0.5, 0.6) is 5.75 Å². The Hall–Kier alpha value is -16.4. The monoisotopic (exact) mass is 1580 g/mol. The molecule has 0 bridgehead atoms. The molecule has 18 aromatic carbocycles. The van der Waals surface area contributed by atoms with E-state index in [4.69, 9.17) is 13.6 Å². The Bertz CT molecular complexity index is 7460. The highest BCUT2D eigenvalue weighted by Crippen LogP contribution is 2.62. The van der Waals surface area contributed by atoms with Gasteiger partial charge in [0.05, 0.1) is 28.1 Å². The van der Waals surface area contributed by atoms with E-state index in [0.29, 0.717) is 0 Å². The van der Waals surface area contributed by atoms with Gasteiger partial charge < -0.3 is 42.3 Å². The number of ether oxygens (including phenoxy) is 1.